The Hall–Kier alpha value is -2.83. The van der Waals surface area contributed by atoms with Crippen LogP contribution in [0, 0.1) is 10.1 Å². The largest absolute Gasteiger partial charge is 0.337 e. The smallest absolute Gasteiger partial charge is 0.291 e. The lowest BCUT2D eigenvalue weighted by Crippen LogP contribution is -2.08. The average Bonchev–Trinajstić information content (AvgIpc) is 3.16. The number of imidazole rings is 1. The van der Waals surface area contributed by atoms with Crippen molar-refractivity contribution in [1.82, 2.24) is 9.55 Å². The first-order valence-corrected chi connectivity index (χ1v) is 9.17. The van der Waals surface area contributed by atoms with Crippen molar-refractivity contribution < 1.29 is 10.3 Å². The van der Waals surface area contributed by atoms with Crippen LogP contribution in [0.5, 0.6) is 0 Å². The number of aromatic nitrogens is 2. The van der Waals surface area contributed by atoms with Crippen LogP contribution in [-0.4, -0.2) is 19.8 Å². The maximum Gasteiger partial charge on any atom is 0.291 e. The zero-order valence-corrected chi connectivity index (χ0v) is 16.4. The summed E-state index contributed by atoms with van der Waals surface area (Å²) in [6.45, 7) is 0.830. The Morgan fingerprint density at radius 3 is 2.39 bits per heavy atom. The molecule has 0 amide bonds. The molecule has 0 fully saturated rings. The molecule has 6 nitrogen and oxygen atoms in total. The van der Waals surface area contributed by atoms with Gasteiger partial charge in [0.15, 0.2) is 0 Å². The Kier molecular flexibility index (Phi) is 8.52. The standard InChI is InChI=1S/C20H18Cl2N2.HNO3/c21-19-10-3-1-6-16(19)7-5-8-17(14-24-13-12-23-15-24)18-9-2-4-11-20(18)22;2-1(3)4/h1-7,9-13,15,17H,8,14H2;(H,2,3,4)/b7-5+;. The van der Waals surface area contributed by atoms with Crippen molar-refractivity contribution in [3.05, 3.63) is 105 Å². The lowest BCUT2D eigenvalue weighted by molar-refractivity contribution is -0.742. The maximum absolute atomic E-state index is 8.36. The summed E-state index contributed by atoms with van der Waals surface area (Å²) in [6, 6.07) is 15.9. The molecule has 1 N–H and O–H groups in total. The van der Waals surface area contributed by atoms with Gasteiger partial charge < -0.3 is 9.77 Å². The van der Waals surface area contributed by atoms with Crippen LogP contribution in [0.2, 0.25) is 10.0 Å². The van der Waals surface area contributed by atoms with Crippen molar-refractivity contribution in [2.75, 3.05) is 0 Å². The summed E-state index contributed by atoms with van der Waals surface area (Å²) < 4.78 is 2.08. The fourth-order valence-electron chi connectivity index (χ4n) is 2.72. The number of allylic oxidation sites excluding steroid dienone is 1. The monoisotopic (exact) mass is 419 g/mol. The molecule has 0 aliphatic carbocycles. The molecule has 0 saturated heterocycles. The van der Waals surface area contributed by atoms with Gasteiger partial charge in [0, 0.05) is 34.9 Å². The normalized spacial score (nSPS) is 11.6. The third-order valence-corrected chi connectivity index (χ3v) is 4.65. The minimum atomic E-state index is -1.50. The molecule has 8 heteroatoms. The average molecular weight is 420 g/mol. The zero-order valence-electron chi connectivity index (χ0n) is 14.9. The molecule has 0 aliphatic heterocycles. The van der Waals surface area contributed by atoms with Gasteiger partial charge in [-0.1, -0.05) is 71.8 Å². The second-order valence-electron chi connectivity index (χ2n) is 5.88. The molecule has 1 unspecified atom stereocenters. The van der Waals surface area contributed by atoms with Gasteiger partial charge in [-0.25, -0.2) is 4.98 Å². The van der Waals surface area contributed by atoms with E-state index in [9.17, 15) is 0 Å². The van der Waals surface area contributed by atoms with E-state index in [4.69, 9.17) is 38.5 Å². The fraction of sp³-hybridized carbons (Fsp3) is 0.150. The Morgan fingerprint density at radius 1 is 1.14 bits per heavy atom. The van der Waals surface area contributed by atoms with Crippen LogP contribution in [0.3, 0.4) is 0 Å². The molecule has 0 spiro atoms. The van der Waals surface area contributed by atoms with Crippen molar-refractivity contribution >= 4 is 29.3 Å². The summed E-state index contributed by atoms with van der Waals surface area (Å²) >= 11 is 12.6. The molecule has 3 aromatic rings. The Bertz CT molecular complexity index is 911. The quantitative estimate of drug-likeness (QED) is 0.408. The summed E-state index contributed by atoms with van der Waals surface area (Å²) in [5.41, 5.74) is 2.18. The SMILES string of the molecule is Clc1ccccc1/C=C/CC(Cn1ccnc1)c1ccccc1Cl.O=[N+]([O-])O. The van der Waals surface area contributed by atoms with E-state index in [-0.39, 0.29) is 5.92 Å². The van der Waals surface area contributed by atoms with Gasteiger partial charge in [-0.05, 0) is 29.7 Å². The van der Waals surface area contributed by atoms with E-state index in [1.807, 2.05) is 55.0 Å². The molecule has 0 bridgehead atoms. The number of benzene rings is 2. The molecule has 1 aromatic heterocycles. The number of hydrogen-bond acceptors (Lipinski definition) is 3. The van der Waals surface area contributed by atoms with Crippen LogP contribution in [0.15, 0.2) is 73.3 Å². The van der Waals surface area contributed by atoms with Crippen LogP contribution in [0.4, 0.5) is 0 Å². The van der Waals surface area contributed by atoms with Gasteiger partial charge >= 0.3 is 0 Å². The van der Waals surface area contributed by atoms with Crippen LogP contribution < -0.4 is 0 Å². The van der Waals surface area contributed by atoms with Crippen molar-refractivity contribution in [1.29, 1.82) is 0 Å². The highest BCUT2D eigenvalue weighted by molar-refractivity contribution is 6.32. The van der Waals surface area contributed by atoms with Crippen LogP contribution >= 0.6 is 23.2 Å². The van der Waals surface area contributed by atoms with Gasteiger partial charge in [-0.2, -0.15) is 0 Å². The lowest BCUT2D eigenvalue weighted by atomic mass is 9.95. The Balaban J connectivity index is 0.000000640. The molecular weight excluding hydrogens is 401 g/mol. The predicted molar refractivity (Wildman–Crippen MR) is 110 cm³/mol. The molecule has 1 atom stereocenters. The Morgan fingerprint density at radius 2 is 1.79 bits per heavy atom. The van der Waals surface area contributed by atoms with Crippen LogP contribution in [-0.2, 0) is 6.54 Å². The van der Waals surface area contributed by atoms with E-state index in [0.29, 0.717) is 0 Å². The van der Waals surface area contributed by atoms with Crippen molar-refractivity contribution in [2.24, 2.45) is 0 Å². The van der Waals surface area contributed by atoms with Gasteiger partial charge in [-0.15, -0.1) is 10.1 Å². The van der Waals surface area contributed by atoms with E-state index >= 15 is 0 Å². The highest BCUT2D eigenvalue weighted by Gasteiger charge is 2.14. The van der Waals surface area contributed by atoms with Crippen molar-refractivity contribution in [3.8, 4) is 0 Å². The van der Waals surface area contributed by atoms with Gasteiger partial charge in [0.25, 0.3) is 5.09 Å². The summed E-state index contributed by atoms with van der Waals surface area (Å²) in [4.78, 5) is 12.5. The number of rotatable bonds is 6. The first kappa shape index (κ1) is 21.5. The summed E-state index contributed by atoms with van der Waals surface area (Å²) in [5, 5.41) is 15.2. The first-order valence-electron chi connectivity index (χ1n) is 8.42. The van der Waals surface area contributed by atoms with Gasteiger partial charge in [0.2, 0.25) is 0 Å². The Labute approximate surface area is 172 Å². The lowest BCUT2D eigenvalue weighted by Gasteiger charge is -2.17. The van der Waals surface area contributed by atoms with E-state index in [1.54, 1.807) is 6.20 Å². The van der Waals surface area contributed by atoms with Gasteiger partial charge in [0.05, 0.1) is 6.33 Å². The number of nitrogens with zero attached hydrogens (tertiary/aromatic N) is 3. The molecule has 28 heavy (non-hydrogen) atoms. The second kappa shape index (κ2) is 11.1. The third-order valence-electron chi connectivity index (χ3n) is 3.96. The molecule has 146 valence electrons. The summed E-state index contributed by atoms with van der Waals surface area (Å²) in [5.74, 6) is 0.270. The first-order chi connectivity index (χ1) is 13.5. The van der Waals surface area contributed by atoms with E-state index in [1.165, 1.54) is 0 Å². The molecule has 0 saturated carbocycles. The van der Waals surface area contributed by atoms with Gasteiger partial charge in [-0.3, -0.25) is 0 Å². The second-order valence-corrected chi connectivity index (χ2v) is 6.69. The summed E-state index contributed by atoms with van der Waals surface area (Å²) in [6.07, 6.45) is 10.7. The van der Waals surface area contributed by atoms with Crippen LogP contribution in [0.25, 0.3) is 6.08 Å². The zero-order chi connectivity index (χ0) is 20.4. The molecular formula is C20H19Cl2N3O3. The minimum Gasteiger partial charge on any atom is -0.337 e. The highest BCUT2D eigenvalue weighted by Crippen LogP contribution is 2.29. The third kappa shape index (κ3) is 7.06. The maximum atomic E-state index is 8.36. The van der Waals surface area contributed by atoms with Crippen LogP contribution in [0.1, 0.15) is 23.5 Å². The topological polar surface area (TPSA) is 81.2 Å². The number of halogens is 2. The molecule has 0 aliphatic rings. The summed E-state index contributed by atoms with van der Waals surface area (Å²) in [7, 11) is 0. The van der Waals surface area contributed by atoms with E-state index in [0.717, 1.165) is 34.1 Å². The molecule has 2 aromatic carbocycles. The highest BCUT2D eigenvalue weighted by atomic mass is 35.5. The van der Waals surface area contributed by atoms with E-state index in [2.05, 4.69) is 27.8 Å². The minimum absolute atomic E-state index is 0.270. The van der Waals surface area contributed by atoms with Crippen molar-refractivity contribution in [2.45, 2.75) is 18.9 Å². The molecule has 0 radical (unpaired) electrons. The van der Waals surface area contributed by atoms with Crippen molar-refractivity contribution in [3.63, 3.8) is 0 Å². The van der Waals surface area contributed by atoms with E-state index < -0.39 is 5.09 Å². The number of hydrogen-bond donors (Lipinski definition) is 1. The van der Waals surface area contributed by atoms with Gasteiger partial charge in [0.1, 0.15) is 0 Å². The molecule has 1 heterocycles. The predicted octanol–water partition coefficient (Wildman–Crippen LogP) is 5.73. The fourth-order valence-corrected chi connectivity index (χ4v) is 3.21. The molecule has 3 rings (SSSR count).